The first-order valence-corrected chi connectivity index (χ1v) is 8.19. The standard InChI is InChI=1S/C16H21N3O2S/c1-8-6-10-11(7-9(8)2)19(5)13(17-10)14-18-12(15(20)21)16(3,4)22-14/h6-7,12,14,18H,1-5H3,(H,20,21). The Morgan fingerprint density at radius 3 is 2.59 bits per heavy atom. The molecule has 5 nitrogen and oxygen atoms in total. The van der Waals surface area contributed by atoms with E-state index in [0.717, 1.165) is 16.9 Å². The summed E-state index contributed by atoms with van der Waals surface area (Å²) in [5, 5.41) is 12.5. The highest BCUT2D eigenvalue weighted by atomic mass is 32.2. The molecule has 1 aliphatic rings. The number of benzene rings is 1. The van der Waals surface area contributed by atoms with Gasteiger partial charge in [0.05, 0.1) is 11.0 Å². The molecule has 2 unspecified atom stereocenters. The zero-order valence-corrected chi connectivity index (χ0v) is 14.3. The molecular formula is C16H21N3O2S. The minimum atomic E-state index is -0.814. The van der Waals surface area contributed by atoms with Gasteiger partial charge >= 0.3 is 5.97 Å². The Balaban J connectivity index is 2.05. The predicted molar refractivity (Wildman–Crippen MR) is 89.2 cm³/mol. The first-order chi connectivity index (χ1) is 10.2. The third-order valence-electron chi connectivity index (χ3n) is 4.45. The molecule has 1 fully saturated rings. The van der Waals surface area contributed by atoms with Gasteiger partial charge in [-0.3, -0.25) is 10.1 Å². The van der Waals surface area contributed by atoms with Crippen LogP contribution in [-0.2, 0) is 11.8 Å². The number of rotatable bonds is 2. The van der Waals surface area contributed by atoms with Crippen molar-refractivity contribution in [3.8, 4) is 0 Å². The van der Waals surface area contributed by atoms with Crippen molar-refractivity contribution in [1.29, 1.82) is 0 Å². The molecule has 0 radical (unpaired) electrons. The lowest BCUT2D eigenvalue weighted by Gasteiger charge is -2.20. The molecule has 118 valence electrons. The number of hydrogen-bond donors (Lipinski definition) is 2. The summed E-state index contributed by atoms with van der Waals surface area (Å²) < 4.78 is 1.69. The Morgan fingerprint density at radius 1 is 1.36 bits per heavy atom. The smallest absolute Gasteiger partial charge is 0.322 e. The summed E-state index contributed by atoms with van der Waals surface area (Å²) in [6.07, 6.45) is 0. The molecule has 2 heterocycles. The maximum absolute atomic E-state index is 11.4. The van der Waals surface area contributed by atoms with Crippen LogP contribution in [0.1, 0.15) is 36.2 Å². The van der Waals surface area contributed by atoms with E-state index < -0.39 is 12.0 Å². The van der Waals surface area contributed by atoms with Crippen LogP contribution in [0.25, 0.3) is 11.0 Å². The average Bonchev–Trinajstić information content (AvgIpc) is 2.89. The second kappa shape index (κ2) is 4.99. The van der Waals surface area contributed by atoms with Gasteiger partial charge in [-0.15, -0.1) is 11.8 Å². The van der Waals surface area contributed by atoms with Crippen molar-refractivity contribution in [2.45, 2.75) is 43.9 Å². The van der Waals surface area contributed by atoms with E-state index in [4.69, 9.17) is 4.98 Å². The summed E-state index contributed by atoms with van der Waals surface area (Å²) in [4.78, 5) is 16.2. The quantitative estimate of drug-likeness (QED) is 0.891. The van der Waals surface area contributed by atoms with E-state index in [2.05, 4.69) is 35.9 Å². The number of thioether (sulfide) groups is 1. The largest absolute Gasteiger partial charge is 0.480 e. The Bertz CT molecular complexity index is 766. The van der Waals surface area contributed by atoms with Crippen molar-refractivity contribution < 1.29 is 9.90 Å². The second-order valence-corrected chi connectivity index (χ2v) is 8.25. The van der Waals surface area contributed by atoms with Crippen LogP contribution in [0.15, 0.2) is 12.1 Å². The van der Waals surface area contributed by atoms with Crippen LogP contribution in [0.3, 0.4) is 0 Å². The SMILES string of the molecule is Cc1cc2nc(C3NC(C(=O)O)C(C)(C)S3)n(C)c2cc1C. The van der Waals surface area contributed by atoms with E-state index in [1.54, 1.807) is 11.8 Å². The lowest BCUT2D eigenvalue weighted by molar-refractivity contribution is -0.139. The monoisotopic (exact) mass is 319 g/mol. The molecule has 1 saturated heterocycles. The van der Waals surface area contributed by atoms with Crippen LogP contribution in [0, 0.1) is 13.8 Å². The maximum Gasteiger partial charge on any atom is 0.322 e. The molecule has 0 spiro atoms. The number of imidazole rings is 1. The van der Waals surface area contributed by atoms with Gasteiger partial charge in [-0.25, -0.2) is 4.98 Å². The van der Waals surface area contributed by atoms with Crippen LogP contribution < -0.4 is 5.32 Å². The summed E-state index contributed by atoms with van der Waals surface area (Å²) in [6, 6.07) is 3.65. The van der Waals surface area contributed by atoms with Crippen LogP contribution in [0.5, 0.6) is 0 Å². The minimum absolute atomic E-state index is 0.117. The summed E-state index contributed by atoms with van der Waals surface area (Å²) >= 11 is 1.62. The van der Waals surface area contributed by atoms with Gasteiger partial charge in [-0.05, 0) is 51.0 Å². The van der Waals surface area contributed by atoms with Gasteiger partial charge in [0.15, 0.2) is 0 Å². The first-order valence-electron chi connectivity index (χ1n) is 7.31. The average molecular weight is 319 g/mol. The van der Waals surface area contributed by atoms with Crippen molar-refractivity contribution in [2.24, 2.45) is 7.05 Å². The molecule has 3 rings (SSSR count). The number of fused-ring (bicyclic) bond motifs is 1. The first kappa shape index (κ1) is 15.4. The molecule has 0 saturated carbocycles. The topological polar surface area (TPSA) is 67.2 Å². The molecule has 1 aromatic heterocycles. The van der Waals surface area contributed by atoms with E-state index in [0.29, 0.717) is 0 Å². The summed E-state index contributed by atoms with van der Waals surface area (Å²) in [5.74, 6) is 0.0623. The normalized spacial score (nSPS) is 24.0. The number of aliphatic carboxylic acids is 1. The number of nitrogens with zero attached hydrogens (tertiary/aromatic N) is 2. The number of carboxylic acid groups (broad SMARTS) is 1. The third-order valence-corrected chi connectivity index (χ3v) is 5.87. The molecule has 1 aliphatic heterocycles. The van der Waals surface area contributed by atoms with E-state index >= 15 is 0 Å². The van der Waals surface area contributed by atoms with Crippen molar-refractivity contribution in [2.75, 3.05) is 0 Å². The van der Waals surface area contributed by atoms with E-state index in [1.165, 1.54) is 11.1 Å². The maximum atomic E-state index is 11.4. The highest BCUT2D eigenvalue weighted by molar-refractivity contribution is 8.01. The molecule has 0 amide bonds. The Labute approximate surface area is 134 Å². The molecule has 22 heavy (non-hydrogen) atoms. The fourth-order valence-corrected chi connectivity index (χ4v) is 4.39. The van der Waals surface area contributed by atoms with Gasteiger partial charge in [-0.2, -0.15) is 0 Å². The molecule has 0 bridgehead atoms. The molecule has 2 aromatic rings. The second-order valence-electron chi connectivity index (χ2n) is 6.49. The summed E-state index contributed by atoms with van der Waals surface area (Å²) in [5.41, 5.74) is 4.49. The highest BCUT2D eigenvalue weighted by Crippen LogP contribution is 2.45. The van der Waals surface area contributed by atoms with Crippen LogP contribution in [0.2, 0.25) is 0 Å². The molecule has 2 N–H and O–H groups in total. The Hall–Kier alpha value is -1.53. The van der Waals surface area contributed by atoms with Gasteiger partial charge in [-0.1, -0.05) is 0 Å². The van der Waals surface area contributed by atoms with E-state index in [1.807, 2.05) is 20.9 Å². The molecular weight excluding hydrogens is 298 g/mol. The van der Waals surface area contributed by atoms with Gasteiger partial charge in [0.2, 0.25) is 0 Å². The summed E-state index contributed by atoms with van der Waals surface area (Å²) in [7, 11) is 1.99. The van der Waals surface area contributed by atoms with Crippen molar-refractivity contribution >= 4 is 28.8 Å². The molecule has 2 atom stereocenters. The summed E-state index contributed by atoms with van der Waals surface area (Å²) in [6.45, 7) is 8.09. The van der Waals surface area contributed by atoms with Crippen molar-refractivity contribution in [1.82, 2.24) is 14.9 Å². The number of carbonyl (C=O) groups is 1. The van der Waals surface area contributed by atoms with E-state index in [-0.39, 0.29) is 10.1 Å². The molecule has 0 aliphatic carbocycles. The van der Waals surface area contributed by atoms with Gasteiger partial charge in [0, 0.05) is 11.8 Å². The fourth-order valence-electron chi connectivity index (χ4n) is 2.95. The zero-order valence-electron chi connectivity index (χ0n) is 13.5. The number of hydrogen-bond acceptors (Lipinski definition) is 4. The van der Waals surface area contributed by atoms with Gasteiger partial charge in [0.25, 0.3) is 0 Å². The van der Waals surface area contributed by atoms with E-state index in [9.17, 15) is 9.90 Å². The Kier molecular flexibility index (Phi) is 3.49. The third kappa shape index (κ3) is 2.30. The Morgan fingerprint density at radius 2 is 2.00 bits per heavy atom. The number of nitrogens with one attached hydrogen (secondary N) is 1. The minimum Gasteiger partial charge on any atom is -0.480 e. The van der Waals surface area contributed by atoms with Crippen molar-refractivity contribution in [3.63, 3.8) is 0 Å². The highest BCUT2D eigenvalue weighted by Gasteiger charge is 2.46. The number of aryl methyl sites for hydroxylation is 3. The van der Waals surface area contributed by atoms with Crippen molar-refractivity contribution in [3.05, 3.63) is 29.1 Å². The van der Waals surface area contributed by atoms with Crippen LogP contribution >= 0.6 is 11.8 Å². The zero-order chi connectivity index (χ0) is 16.2. The van der Waals surface area contributed by atoms with Gasteiger partial charge in [0.1, 0.15) is 17.2 Å². The van der Waals surface area contributed by atoms with Gasteiger partial charge < -0.3 is 9.67 Å². The molecule has 1 aromatic carbocycles. The number of carboxylic acids is 1. The predicted octanol–water partition coefficient (Wildman–Crippen LogP) is 2.76. The van der Waals surface area contributed by atoms with Crippen LogP contribution in [-0.4, -0.2) is 31.4 Å². The lowest BCUT2D eigenvalue weighted by Crippen LogP contribution is -2.43. The van der Waals surface area contributed by atoms with Crippen LogP contribution in [0.4, 0.5) is 0 Å². The number of aromatic nitrogens is 2. The fraction of sp³-hybridized carbons (Fsp3) is 0.500. The lowest BCUT2D eigenvalue weighted by atomic mass is 10.0. The molecule has 6 heteroatoms.